The average Bonchev–Trinajstić information content (AvgIpc) is 2.28. The minimum atomic E-state index is -4.13. The number of non-ortho nitro benzene ring substituents is 1. The highest BCUT2D eigenvalue weighted by Gasteiger charge is 2.28. The Balaban J connectivity index is 3.72. The third-order valence-electron chi connectivity index (χ3n) is 1.97. The van der Waals surface area contributed by atoms with Crippen LogP contribution in [0.25, 0.3) is 0 Å². The molecule has 0 spiro atoms. The Kier molecular flexibility index (Phi) is 3.84. The second-order valence-electron chi connectivity index (χ2n) is 3.00. The molecule has 0 amide bonds. The number of sulfonamides is 1. The zero-order valence-electron chi connectivity index (χ0n) is 8.78. The summed E-state index contributed by atoms with van der Waals surface area (Å²) in [4.78, 5) is 18.6. The Labute approximate surface area is 106 Å². The number of rotatable bonds is 4. The normalized spacial score (nSPS) is 11.2. The molecule has 1 aromatic carbocycles. The largest absolute Gasteiger partial charge is 0.296 e. The van der Waals surface area contributed by atoms with E-state index in [1.807, 2.05) is 4.72 Å². The highest BCUT2D eigenvalue weighted by molar-refractivity contribution is 7.89. The molecule has 0 saturated heterocycles. The molecule has 0 aliphatic heterocycles. The maximum atomic E-state index is 11.5. The van der Waals surface area contributed by atoms with Gasteiger partial charge in [0.1, 0.15) is 9.92 Å². The summed E-state index contributed by atoms with van der Waals surface area (Å²) in [7, 11) is -3.08. The van der Waals surface area contributed by atoms with Crippen LogP contribution in [-0.2, 0) is 10.0 Å². The molecule has 0 aromatic heterocycles. The van der Waals surface area contributed by atoms with Crippen molar-refractivity contribution >= 4 is 33.0 Å². The van der Waals surface area contributed by atoms with Gasteiger partial charge in [-0.3, -0.25) is 20.2 Å². The second kappa shape index (κ2) is 4.84. The van der Waals surface area contributed by atoms with Crippen LogP contribution >= 0.6 is 11.6 Å². The van der Waals surface area contributed by atoms with Crippen molar-refractivity contribution in [2.45, 2.75) is 4.90 Å². The van der Waals surface area contributed by atoms with Crippen LogP contribution in [0.3, 0.4) is 0 Å². The SMILES string of the molecule is CNS(=O)(=O)c1cc([N+](=O)[O-])cc([N+](=O)[O-])c1Cl. The van der Waals surface area contributed by atoms with Crippen LogP contribution in [0.15, 0.2) is 17.0 Å². The number of nitrogens with zero attached hydrogens (tertiary/aromatic N) is 2. The smallest absolute Gasteiger partial charge is 0.258 e. The third kappa shape index (κ3) is 2.55. The fourth-order valence-electron chi connectivity index (χ4n) is 1.11. The molecule has 98 valence electrons. The number of nitro benzene ring substituents is 2. The van der Waals surface area contributed by atoms with Crippen LogP contribution < -0.4 is 4.72 Å². The van der Waals surface area contributed by atoms with Gasteiger partial charge in [0.05, 0.1) is 15.9 Å². The maximum absolute atomic E-state index is 11.5. The van der Waals surface area contributed by atoms with E-state index in [4.69, 9.17) is 11.6 Å². The van der Waals surface area contributed by atoms with Crippen LogP contribution in [0, 0.1) is 20.2 Å². The van der Waals surface area contributed by atoms with Crippen molar-refractivity contribution in [3.05, 3.63) is 37.4 Å². The minimum absolute atomic E-state index is 0.594. The van der Waals surface area contributed by atoms with E-state index in [1.54, 1.807) is 0 Å². The molecule has 0 aliphatic carbocycles. The predicted molar refractivity (Wildman–Crippen MR) is 61.0 cm³/mol. The van der Waals surface area contributed by atoms with Gasteiger partial charge in [-0.2, -0.15) is 0 Å². The number of hydrogen-bond acceptors (Lipinski definition) is 6. The predicted octanol–water partition coefficient (Wildman–Crippen LogP) is 1.06. The van der Waals surface area contributed by atoms with E-state index in [-0.39, 0.29) is 0 Å². The van der Waals surface area contributed by atoms with Crippen LogP contribution in [0.5, 0.6) is 0 Å². The molecule has 0 radical (unpaired) electrons. The Hall–Kier alpha value is -1.78. The Morgan fingerprint density at radius 3 is 2.17 bits per heavy atom. The number of nitro groups is 2. The summed E-state index contributed by atoms with van der Waals surface area (Å²) in [6.07, 6.45) is 0. The summed E-state index contributed by atoms with van der Waals surface area (Å²) in [5.41, 5.74) is -1.58. The number of benzene rings is 1. The van der Waals surface area contributed by atoms with Gasteiger partial charge in [0.25, 0.3) is 11.4 Å². The monoisotopic (exact) mass is 295 g/mol. The number of halogens is 1. The molecular formula is C7H6ClN3O6S. The van der Waals surface area contributed by atoms with E-state index in [0.29, 0.717) is 12.1 Å². The Morgan fingerprint density at radius 2 is 1.78 bits per heavy atom. The molecule has 1 N–H and O–H groups in total. The van der Waals surface area contributed by atoms with Crippen LogP contribution in [0.1, 0.15) is 0 Å². The van der Waals surface area contributed by atoms with Crippen molar-refractivity contribution in [2.75, 3.05) is 7.05 Å². The highest BCUT2D eigenvalue weighted by Crippen LogP contribution is 2.35. The standard InChI is InChI=1S/C7H6ClN3O6S/c1-9-18(16,17)6-3-4(10(12)13)2-5(7(6)8)11(14)15/h2-3,9H,1H3. The summed E-state index contributed by atoms with van der Waals surface area (Å²) in [6.45, 7) is 0. The van der Waals surface area contributed by atoms with E-state index < -0.39 is 41.2 Å². The van der Waals surface area contributed by atoms with Gasteiger partial charge in [-0.25, -0.2) is 13.1 Å². The van der Waals surface area contributed by atoms with Crippen molar-refractivity contribution in [3.8, 4) is 0 Å². The van der Waals surface area contributed by atoms with Gasteiger partial charge in [-0.1, -0.05) is 11.6 Å². The topological polar surface area (TPSA) is 132 Å². The van der Waals surface area contributed by atoms with Gasteiger partial charge in [0.15, 0.2) is 0 Å². The zero-order valence-corrected chi connectivity index (χ0v) is 10.4. The average molecular weight is 296 g/mol. The van der Waals surface area contributed by atoms with E-state index >= 15 is 0 Å². The molecule has 0 atom stereocenters. The third-order valence-corrected chi connectivity index (χ3v) is 3.92. The van der Waals surface area contributed by atoms with Crippen LogP contribution in [-0.4, -0.2) is 25.3 Å². The van der Waals surface area contributed by atoms with Crippen molar-refractivity contribution < 1.29 is 18.3 Å². The molecule has 0 saturated carbocycles. The van der Waals surface area contributed by atoms with E-state index in [2.05, 4.69) is 0 Å². The first kappa shape index (κ1) is 14.3. The lowest BCUT2D eigenvalue weighted by atomic mass is 10.3. The summed E-state index contributed by atoms with van der Waals surface area (Å²) in [6, 6.07) is 1.25. The van der Waals surface area contributed by atoms with Crippen LogP contribution in [0.2, 0.25) is 5.02 Å². The molecule has 18 heavy (non-hydrogen) atoms. The molecule has 0 unspecified atom stereocenters. The second-order valence-corrected chi connectivity index (χ2v) is 5.23. The minimum Gasteiger partial charge on any atom is -0.258 e. The number of nitrogens with one attached hydrogen (secondary N) is 1. The molecular weight excluding hydrogens is 290 g/mol. The summed E-state index contributed by atoms with van der Waals surface area (Å²) >= 11 is 5.56. The summed E-state index contributed by atoms with van der Waals surface area (Å²) in [5.74, 6) is 0. The Bertz CT molecular complexity index is 628. The van der Waals surface area contributed by atoms with E-state index in [1.165, 1.54) is 0 Å². The van der Waals surface area contributed by atoms with Gasteiger partial charge in [0.2, 0.25) is 10.0 Å². The lowest BCUT2D eigenvalue weighted by Crippen LogP contribution is -2.19. The van der Waals surface area contributed by atoms with Crippen molar-refractivity contribution in [2.24, 2.45) is 0 Å². The maximum Gasteiger partial charge on any atom is 0.296 e. The van der Waals surface area contributed by atoms with E-state index in [0.717, 1.165) is 7.05 Å². The number of hydrogen-bond donors (Lipinski definition) is 1. The fourth-order valence-corrected chi connectivity index (χ4v) is 2.43. The lowest BCUT2D eigenvalue weighted by molar-refractivity contribution is -0.394. The quantitative estimate of drug-likeness (QED) is 0.652. The first-order valence-electron chi connectivity index (χ1n) is 4.26. The molecule has 1 rings (SSSR count). The van der Waals surface area contributed by atoms with Crippen molar-refractivity contribution in [1.29, 1.82) is 0 Å². The van der Waals surface area contributed by atoms with Gasteiger partial charge >= 0.3 is 0 Å². The highest BCUT2D eigenvalue weighted by atomic mass is 35.5. The van der Waals surface area contributed by atoms with Gasteiger partial charge in [-0.15, -0.1) is 0 Å². The first-order valence-corrected chi connectivity index (χ1v) is 6.12. The van der Waals surface area contributed by atoms with E-state index in [9.17, 15) is 28.6 Å². The van der Waals surface area contributed by atoms with Crippen LogP contribution in [0.4, 0.5) is 11.4 Å². The van der Waals surface area contributed by atoms with Gasteiger partial charge < -0.3 is 0 Å². The lowest BCUT2D eigenvalue weighted by Gasteiger charge is -2.05. The molecule has 9 nitrogen and oxygen atoms in total. The molecule has 0 aliphatic rings. The molecule has 1 aromatic rings. The Morgan fingerprint density at radius 1 is 1.22 bits per heavy atom. The summed E-state index contributed by atoms with van der Waals surface area (Å²) in [5, 5.41) is 20.5. The zero-order chi connectivity index (χ0) is 14.1. The molecule has 0 bridgehead atoms. The van der Waals surface area contributed by atoms with Gasteiger partial charge in [-0.05, 0) is 7.05 Å². The van der Waals surface area contributed by atoms with Gasteiger partial charge in [0, 0.05) is 6.07 Å². The first-order chi connectivity index (χ1) is 8.20. The summed E-state index contributed by atoms with van der Waals surface area (Å²) < 4.78 is 24.9. The van der Waals surface area contributed by atoms with Crippen molar-refractivity contribution in [3.63, 3.8) is 0 Å². The fraction of sp³-hybridized carbons (Fsp3) is 0.143. The molecule has 0 fully saturated rings. The van der Waals surface area contributed by atoms with Crippen molar-refractivity contribution in [1.82, 2.24) is 4.72 Å². The molecule has 0 heterocycles. The molecule has 11 heteroatoms.